The molecule has 1 N–H and O–H groups in total. The van der Waals surface area contributed by atoms with E-state index in [1.807, 2.05) is 6.92 Å². The maximum atomic E-state index is 12.1. The van der Waals surface area contributed by atoms with Crippen LogP contribution in [0.2, 0.25) is 0 Å². The van der Waals surface area contributed by atoms with Crippen LogP contribution in [0.25, 0.3) is 0 Å². The van der Waals surface area contributed by atoms with E-state index < -0.39 is 12.1 Å². The highest BCUT2D eigenvalue weighted by molar-refractivity contribution is 6.01. The number of carbonyl (C=O) groups excluding carboxylic acids is 1. The van der Waals surface area contributed by atoms with Crippen LogP contribution in [0, 0.1) is 5.92 Å². The second-order valence-electron chi connectivity index (χ2n) is 4.45. The molecule has 1 aliphatic rings. The van der Waals surface area contributed by atoms with E-state index in [1.165, 1.54) is 10.6 Å². The molecule has 5 heteroatoms. The van der Waals surface area contributed by atoms with Gasteiger partial charge in [0.05, 0.1) is 0 Å². The molecule has 1 aliphatic heterocycles. The Morgan fingerprint density at radius 3 is 2.71 bits per heavy atom. The number of rotatable bonds is 3. The lowest BCUT2D eigenvalue weighted by Crippen LogP contribution is -2.24. The highest BCUT2D eigenvalue weighted by atomic mass is 16.5. The average Bonchev–Trinajstić information content (AvgIpc) is 2.83. The van der Waals surface area contributed by atoms with Crippen LogP contribution >= 0.6 is 0 Å². The summed E-state index contributed by atoms with van der Waals surface area (Å²) in [5.41, 5.74) is 0.516. The fourth-order valence-electron chi connectivity index (χ4n) is 2.11. The largest absolute Gasteiger partial charge is 0.477 e. The zero-order valence-electron chi connectivity index (χ0n) is 9.84. The van der Waals surface area contributed by atoms with Gasteiger partial charge in [0.1, 0.15) is 11.8 Å². The summed E-state index contributed by atoms with van der Waals surface area (Å²) in [6.07, 6.45) is 1.98. The Bertz CT molecular complexity index is 463. The Labute approximate surface area is 99.0 Å². The van der Waals surface area contributed by atoms with E-state index in [1.54, 1.807) is 13.2 Å². The first-order chi connectivity index (χ1) is 8.00. The third kappa shape index (κ3) is 2.10. The summed E-state index contributed by atoms with van der Waals surface area (Å²) in [6.45, 7) is 2.56. The molecule has 0 aromatic carbocycles. The molecule has 0 saturated carbocycles. The van der Waals surface area contributed by atoms with Gasteiger partial charge in [0.25, 0.3) is 0 Å². The first kappa shape index (κ1) is 11.9. The van der Waals surface area contributed by atoms with Crippen molar-refractivity contribution in [2.24, 2.45) is 13.0 Å². The van der Waals surface area contributed by atoms with Gasteiger partial charge in [-0.1, -0.05) is 6.92 Å². The molecule has 2 atom stereocenters. The van der Waals surface area contributed by atoms with Gasteiger partial charge in [-0.15, -0.1) is 0 Å². The van der Waals surface area contributed by atoms with Crippen molar-refractivity contribution in [1.29, 1.82) is 0 Å². The van der Waals surface area contributed by atoms with Gasteiger partial charge in [0, 0.05) is 25.4 Å². The first-order valence-electron chi connectivity index (χ1n) is 5.56. The van der Waals surface area contributed by atoms with Crippen LogP contribution in [-0.2, 0) is 11.8 Å². The SMILES string of the molecule is CC1CCOC1C(=O)c1cc(C(=O)O)n(C)c1. The van der Waals surface area contributed by atoms with Crippen LogP contribution in [0.4, 0.5) is 0 Å². The Hall–Kier alpha value is -1.62. The van der Waals surface area contributed by atoms with Gasteiger partial charge in [-0.05, 0) is 18.4 Å². The number of aromatic carboxylic acids is 1. The number of nitrogens with zero attached hydrogens (tertiary/aromatic N) is 1. The average molecular weight is 237 g/mol. The van der Waals surface area contributed by atoms with Crippen LogP contribution in [0.1, 0.15) is 34.2 Å². The molecule has 0 spiro atoms. The molecule has 0 amide bonds. The van der Waals surface area contributed by atoms with Gasteiger partial charge in [0.15, 0.2) is 5.78 Å². The number of aromatic nitrogens is 1. The third-order valence-electron chi connectivity index (χ3n) is 3.15. The molecular weight excluding hydrogens is 222 g/mol. The van der Waals surface area contributed by atoms with Crippen LogP contribution < -0.4 is 0 Å². The molecule has 2 heterocycles. The van der Waals surface area contributed by atoms with Gasteiger partial charge >= 0.3 is 5.97 Å². The Morgan fingerprint density at radius 1 is 1.53 bits per heavy atom. The number of Topliss-reactive ketones (excluding diaryl/α,β-unsaturated/α-hetero) is 1. The van der Waals surface area contributed by atoms with Gasteiger partial charge in [-0.3, -0.25) is 4.79 Å². The monoisotopic (exact) mass is 237 g/mol. The first-order valence-corrected chi connectivity index (χ1v) is 5.56. The van der Waals surface area contributed by atoms with Crippen LogP contribution in [0.5, 0.6) is 0 Å². The Balaban J connectivity index is 2.25. The Morgan fingerprint density at radius 2 is 2.24 bits per heavy atom. The van der Waals surface area contributed by atoms with E-state index in [9.17, 15) is 9.59 Å². The van der Waals surface area contributed by atoms with Crippen LogP contribution in [0.15, 0.2) is 12.3 Å². The number of carboxylic acids is 1. The zero-order valence-corrected chi connectivity index (χ0v) is 9.84. The summed E-state index contributed by atoms with van der Waals surface area (Å²) in [6, 6.07) is 1.40. The summed E-state index contributed by atoms with van der Waals surface area (Å²) in [5.74, 6) is -0.971. The van der Waals surface area contributed by atoms with Crippen molar-refractivity contribution in [3.8, 4) is 0 Å². The topological polar surface area (TPSA) is 68.5 Å². The van der Waals surface area contributed by atoms with Crippen molar-refractivity contribution in [2.45, 2.75) is 19.4 Å². The van der Waals surface area contributed by atoms with Crippen molar-refractivity contribution in [1.82, 2.24) is 4.57 Å². The van der Waals surface area contributed by atoms with Gasteiger partial charge in [-0.25, -0.2) is 4.79 Å². The lowest BCUT2D eigenvalue weighted by Gasteiger charge is -2.11. The van der Waals surface area contributed by atoms with Gasteiger partial charge < -0.3 is 14.4 Å². The van der Waals surface area contributed by atoms with Crippen molar-refractivity contribution in [3.05, 3.63) is 23.5 Å². The number of carbonyl (C=O) groups is 2. The number of hydrogen-bond acceptors (Lipinski definition) is 3. The van der Waals surface area contributed by atoms with Crippen LogP contribution in [0.3, 0.4) is 0 Å². The quantitative estimate of drug-likeness (QED) is 0.805. The lowest BCUT2D eigenvalue weighted by molar-refractivity contribution is 0.0579. The molecule has 1 fully saturated rings. The molecule has 0 aliphatic carbocycles. The second-order valence-corrected chi connectivity index (χ2v) is 4.45. The molecule has 0 radical (unpaired) electrons. The van der Waals surface area contributed by atoms with E-state index in [2.05, 4.69) is 0 Å². The standard InChI is InChI=1S/C12H15NO4/c1-7-3-4-17-11(7)10(14)8-5-9(12(15)16)13(2)6-8/h5-7,11H,3-4H2,1-2H3,(H,15,16). The predicted octanol–water partition coefficient (Wildman–Crippen LogP) is 1.33. The summed E-state index contributed by atoms with van der Waals surface area (Å²) < 4.78 is 6.82. The molecule has 17 heavy (non-hydrogen) atoms. The molecule has 1 saturated heterocycles. The summed E-state index contributed by atoms with van der Waals surface area (Å²) in [7, 11) is 1.61. The third-order valence-corrected chi connectivity index (χ3v) is 3.15. The molecule has 5 nitrogen and oxygen atoms in total. The maximum absolute atomic E-state index is 12.1. The summed E-state index contributed by atoms with van der Waals surface area (Å²) in [5, 5.41) is 8.91. The minimum absolute atomic E-state index is 0.110. The molecule has 1 aromatic rings. The minimum Gasteiger partial charge on any atom is -0.477 e. The normalized spacial score (nSPS) is 23.9. The fraction of sp³-hybridized carbons (Fsp3) is 0.500. The van der Waals surface area contributed by atoms with Crippen molar-refractivity contribution in [2.75, 3.05) is 6.61 Å². The zero-order chi connectivity index (χ0) is 12.6. The molecule has 2 rings (SSSR count). The predicted molar refractivity (Wildman–Crippen MR) is 60.2 cm³/mol. The lowest BCUT2D eigenvalue weighted by atomic mass is 9.97. The summed E-state index contributed by atoms with van der Waals surface area (Å²) in [4.78, 5) is 23.0. The Kier molecular flexibility index (Phi) is 3.02. The number of carboxylic acid groups (broad SMARTS) is 1. The maximum Gasteiger partial charge on any atom is 0.352 e. The van der Waals surface area contributed by atoms with Crippen molar-refractivity contribution >= 4 is 11.8 Å². The molecule has 0 bridgehead atoms. The van der Waals surface area contributed by atoms with Gasteiger partial charge in [-0.2, -0.15) is 0 Å². The van der Waals surface area contributed by atoms with E-state index in [-0.39, 0.29) is 17.4 Å². The number of hydrogen-bond donors (Lipinski definition) is 1. The minimum atomic E-state index is -1.04. The van der Waals surface area contributed by atoms with Gasteiger partial charge in [0.2, 0.25) is 0 Å². The smallest absolute Gasteiger partial charge is 0.352 e. The summed E-state index contributed by atoms with van der Waals surface area (Å²) >= 11 is 0. The number of aryl methyl sites for hydroxylation is 1. The highest BCUT2D eigenvalue weighted by Crippen LogP contribution is 2.24. The van der Waals surface area contributed by atoms with Crippen molar-refractivity contribution in [3.63, 3.8) is 0 Å². The van der Waals surface area contributed by atoms with E-state index >= 15 is 0 Å². The van der Waals surface area contributed by atoms with Crippen LogP contribution in [-0.4, -0.2) is 34.1 Å². The van der Waals surface area contributed by atoms with Crippen molar-refractivity contribution < 1.29 is 19.4 Å². The molecule has 92 valence electrons. The van der Waals surface area contributed by atoms with E-state index in [0.717, 1.165) is 6.42 Å². The van der Waals surface area contributed by atoms with E-state index in [0.29, 0.717) is 12.2 Å². The second kappa shape index (κ2) is 4.33. The fourth-order valence-corrected chi connectivity index (χ4v) is 2.11. The number of ether oxygens (including phenoxy) is 1. The molecular formula is C12H15NO4. The number of ketones is 1. The highest BCUT2D eigenvalue weighted by Gasteiger charge is 2.32. The molecule has 2 unspecified atom stereocenters. The molecule has 1 aromatic heterocycles. The van der Waals surface area contributed by atoms with E-state index in [4.69, 9.17) is 9.84 Å².